The molecule has 1 fully saturated rings. The van der Waals surface area contributed by atoms with Crippen molar-refractivity contribution in [1.29, 1.82) is 0 Å². The number of hydrogen-bond acceptors (Lipinski definition) is 3. The molecule has 0 radical (unpaired) electrons. The summed E-state index contributed by atoms with van der Waals surface area (Å²) in [5.74, 6) is -3.27. The second-order valence-electron chi connectivity index (χ2n) is 4.72. The molecular formula is C12H16F3NO4. The van der Waals surface area contributed by atoms with Crippen LogP contribution in [0.2, 0.25) is 0 Å². The van der Waals surface area contributed by atoms with Crippen LogP contribution in [0.15, 0.2) is 12.7 Å². The summed E-state index contributed by atoms with van der Waals surface area (Å²) in [6.07, 6.45) is -3.23. The van der Waals surface area contributed by atoms with Crippen molar-refractivity contribution in [3.63, 3.8) is 0 Å². The van der Waals surface area contributed by atoms with Crippen LogP contribution in [0.1, 0.15) is 12.8 Å². The van der Waals surface area contributed by atoms with Gasteiger partial charge in [0.05, 0.1) is 13.2 Å². The average Bonchev–Trinajstić information content (AvgIpc) is 2.37. The summed E-state index contributed by atoms with van der Waals surface area (Å²) in [6, 6.07) is 0. The monoisotopic (exact) mass is 295 g/mol. The minimum atomic E-state index is -5.00. The van der Waals surface area contributed by atoms with Gasteiger partial charge in [-0.3, -0.25) is 9.59 Å². The third-order valence-electron chi connectivity index (χ3n) is 3.17. The zero-order chi connectivity index (χ0) is 15.4. The van der Waals surface area contributed by atoms with Gasteiger partial charge >= 0.3 is 18.1 Å². The Morgan fingerprint density at radius 2 is 2.10 bits per heavy atom. The number of carbonyl (C=O) groups is 2. The van der Waals surface area contributed by atoms with Crippen LogP contribution in [0.5, 0.6) is 0 Å². The largest absolute Gasteiger partial charge is 0.481 e. The van der Waals surface area contributed by atoms with E-state index >= 15 is 0 Å². The summed E-state index contributed by atoms with van der Waals surface area (Å²) in [5, 5.41) is 9.27. The molecule has 1 rings (SSSR count). The number of amides is 1. The molecule has 20 heavy (non-hydrogen) atoms. The van der Waals surface area contributed by atoms with Crippen molar-refractivity contribution in [2.75, 3.05) is 26.3 Å². The third-order valence-corrected chi connectivity index (χ3v) is 3.17. The molecule has 5 nitrogen and oxygen atoms in total. The van der Waals surface area contributed by atoms with Gasteiger partial charge in [-0.15, -0.1) is 6.58 Å². The van der Waals surface area contributed by atoms with Crippen molar-refractivity contribution in [1.82, 2.24) is 4.90 Å². The fourth-order valence-corrected chi connectivity index (χ4v) is 2.18. The first-order valence-corrected chi connectivity index (χ1v) is 6.01. The lowest BCUT2D eigenvalue weighted by atomic mass is 9.80. The van der Waals surface area contributed by atoms with Gasteiger partial charge < -0.3 is 14.7 Å². The third kappa shape index (κ3) is 3.72. The van der Waals surface area contributed by atoms with Gasteiger partial charge in [-0.1, -0.05) is 6.08 Å². The second-order valence-corrected chi connectivity index (χ2v) is 4.72. The number of rotatable bonds is 5. The van der Waals surface area contributed by atoms with Gasteiger partial charge in [0.1, 0.15) is 5.41 Å². The smallest absolute Gasteiger partial charge is 0.471 e. The molecule has 1 aliphatic rings. The van der Waals surface area contributed by atoms with Crippen LogP contribution < -0.4 is 0 Å². The Balaban J connectivity index is 2.83. The summed E-state index contributed by atoms with van der Waals surface area (Å²) in [6.45, 7) is 2.64. The maximum Gasteiger partial charge on any atom is 0.471 e. The fraction of sp³-hybridized carbons (Fsp3) is 0.667. The Hall–Kier alpha value is -1.57. The predicted octanol–water partition coefficient (Wildman–Crippen LogP) is 1.44. The number of carbonyl (C=O) groups excluding carboxylic acids is 1. The number of likely N-dealkylation sites (tertiary alicyclic amines) is 1. The van der Waals surface area contributed by atoms with Gasteiger partial charge in [-0.2, -0.15) is 13.2 Å². The lowest BCUT2D eigenvalue weighted by Crippen LogP contribution is -2.54. The number of carboxylic acids is 1. The number of halogens is 3. The number of piperidine rings is 1. The molecule has 1 amide bonds. The Morgan fingerprint density at radius 3 is 2.60 bits per heavy atom. The molecule has 1 atom stereocenters. The highest BCUT2D eigenvalue weighted by Gasteiger charge is 2.49. The number of carboxylic acid groups (broad SMARTS) is 1. The number of hydrogen-bond donors (Lipinski definition) is 1. The van der Waals surface area contributed by atoms with E-state index in [-0.39, 0.29) is 32.6 Å². The number of nitrogens with zero attached hydrogens (tertiary/aromatic N) is 1. The van der Waals surface area contributed by atoms with Gasteiger partial charge in [0.25, 0.3) is 0 Å². The zero-order valence-electron chi connectivity index (χ0n) is 10.8. The van der Waals surface area contributed by atoms with E-state index in [9.17, 15) is 27.9 Å². The Bertz CT molecular complexity index is 397. The molecule has 1 unspecified atom stereocenters. The summed E-state index contributed by atoms with van der Waals surface area (Å²) >= 11 is 0. The quantitative estimate of drug-likeness (QED) is 0.616. The Labute approximate surface area is 114 Å². The van der Waals surface area contributed by atoms with E-state index in [1.54, 1.807) is 0 Å². The highest BCUT2D eigenvalue weighted by Crippen LogP contribution is 2.33. The lowest BCUT2D eigenvalue weighted by molar-refractivity contribution is -0.191. The number of alkyl halides is 3. The molecule has 0 aromatic heterocycles. The Kier molecular flexibility index (Phi) is 5.15. The molecule has 0 spiro atoms. The molecule has 1 saturated heterocycles. The highest BCUT2D eigenvalue weighted by molar-refractivity contribution is 5.83. The van der Waals surface area contributed by atoms with E-state index in [4.69, 9.17) is 4.74 Å². The molecule has 0 bridgehead atoms. The van der Waals surface area contributed by atoms with Crippen LogP contribution in [-0.2, 0) is 14.3 Å². The molecule has 1 aliphatic heterocycles. The predicted molar refractivity (Wildman–Crippen MR) is 63.0 cm³/mol. The topological polar surface area (TPSA) is 66.8 Å². The van der Waals surface area contributed by atoms with Gasteiger partial charge in [0, 0.05) is 13.1 Å². The Morgan fingerprint density at radius 1 is 1.45 bits per heavy atom. The number of ether oxygens (including phenoxy) is 1. The van der Waals surface area contributed by atoms with Gasteiger partial charge in [0.15, 0.2) is 0 Å². The standard InChI is InChI=1S/C12H16F3NO4/c1-2-6-20-8-11(10(18)19)4-3-5-16(7-11)9(17)12(13,14)15/h2H,1,3-8H2,(H,18,19). The minimum Gasteiger partial charge on any atom is -0.481 e. The van der Waals surface area contributed by atoms with E-state index in [0.717, 1.165) is 0 Å². The molecule has 0 aromatic rings. The summed E-state index contributed by atoms with van der Waals surface area (Å²) in [7, 11) is 0. The van der Waals surface area contributed by atoms with Crippen molar-refractivity contribution in [3.8, 4) is 0 Å². The van der Waals surface area contributed by atoms with Crippen LogP contribution in [0.25, 0.3) is 0 Å². The SMILES string of the molecule is C=CCOCC1(C(=O)O)CCCN(C(=O)C(F)(F)F)C1. The van der Waals surface area contributed by atoms with Gasteiger partial charge in [-0.05, 0) is 12.8 Å². The summed E-state index contributed by atoms with van der Waals surface area (Å²) in [5.41, 5.74) is -1.50. The maximum atomic E-state index is 12.4. The second kappa shape index (κ2) is 6.25. The van der Waals surface area contributed by atoms with E-state index in [1.807, 2.05) is 0 Å². The van der Waals surface area contributed by atoms with E-state index in [0.29, 0.717) is 4.90 Å². The first-order valence-electron chi connectivity index (χ1n) is 6.01. The lowest BCUT2D eigenvalue weighted by Gasteiger charge is -2.39. The zero-order valence-corrected chi connectivity index (χ0v) is 10.8. The summed E-state index contributed by atoms with van der Waals surface area (Å²) in [4.78, 5) is 23.1. The number of aliphatic carboxylic acids is 1. The first kappa shape index (κ1) is 16.5. The van der Waals surface area contributed by atoms with Crippen LogP contribution >= 0.6 is 0 Å². The van der Waals surface area contributed by atoms with Crippen LogP contribution in [0.3, 0.4) is 0 Å². The van der Waals surface area contributed by atoms with Crippen LogP contribution in [0, 0.1) is 5.41 Å². The van der Waals surface area contributed by atoms with Crippen molar-refractivity contribution in [2.45, 2.75) is 19.0 Å². The average molecular weight is 295 g/mol. The summed E-state index contributed by atoms with van der Waals surface area (Å²) < 4.78 is 42.3. The molecule has 0 saturated carbocycles. The maximum absolute atomic E-state index is 12.4. The molecular weight excluding hydrogens is 279 g/mol. The van der Waals surface area contributed by atoms with E-state index < -0.39 is 30.0 Å². The fourth-order valence-electron chi connectivity index (χ4n) is 2.18. The van der Waals surface area contributed by atoms with Crippen molar-refractivity contribution in [2.24, 2.45) is 5.41 Å². The molecule has 1 heterocycles. The first-order chi connectivity index (χ1) is 9.23. The molecule has 0 aromatic carbocycles. The van der Waals surface area contributed by atoms with Crippen LogP contribution in [-0.4, -0.2) is 54.4 Å². The van der Waals surface area contributed by atoms with Crippen molar-refractivity contribution in [3.05, 3.63) is 12.7 Å². The van der Waals surface area contributed by atoms with E-state index in [1.165, 1.54) is 6.08 Å². The van der Waals surface area contributed by atoms with Crippen LogP contribution in [0.4, 0.5) is 13.2 Å². The molecule has 8 heteroatoms. The van der Waals surface area contributed by atoms with E-state index in [2.05, 4.69) is 6.58 Å². The minimum absolute atomic E-state index is 0.0995. The van der Waals surface area contributed by atoms with Crippen molar-refractivity contribution < 1.29 is 32.6 Å². The molecule has 1 N–H and O–H groups in total. The van der Waals surface area contributed by atoms with Crippen molar-refractivity contribution >= 4 is 11.9 Å². The highest BCUT2D eigenvalue weighted by atomic mass is 19.4. The molecule has 0 aliphatic carbocycles. The van der Waals surface area contributed by atoms with Gasteiger partial charge in [0.2, 0.25) is 0 Å². The van der Waals surface area contributed by atoms with Gasteiger partial charge in [-0.25, -0.2) is 0 Å². The normalized spacial score (nSPS) is 23.4. The molecule has 114 valence electrons.